The molecule has 2 rings (SSSR count). The molecule has 1 aliphatic heterocycles. The molecular weight excluding hydrogens is 206 g/mol. The van der Waals surface area contributed by atoms with Crippen molar-refractivity contribution in [1.29, 1.82) is 0 Å². The summed E-state index contributed by atoms with van der Waals surface area (Å²) in [5, 5.41) is 0. The van der Waals surface area contributed by atoms with E-state index in [9.17, 15) is 4.79 Å². The maximum atomic E-state index is 11.6. The van der Waals surface area contributed by atoms with Gasteiger partial charge in [-0.25, -0.2) is 0 Å². The lowest BCUT2D eigenvalue weighted by Crippen LogP contribution is -2.36. The second-order valence-corrected chi connectivity index (χ2v) is 4.32. The van der Waals surface area contributed by atoms with Gasteiger partial charge in [0.25, 0.3) is 0 Å². The highest BCUT2D eigenvalue weighted by Crippen LogP contribution is 2.12. The zero-order chi connectivity index (χ0) is 11.4. The number of ether oxygens (including phenoxy) is 1. The molecule has 0 radical (unpaired) electrons. The molecule has 0 bridgehead atoms. The van der Waals surface area contributed by atoms with Gasteiger partial charge >= 0.3 is 0 Å². The third-order valence-electron chi connectivity index (χ3n) is 2.83. The summed E-state index contributed by atoms with van der Waals surface area (Å²) in [5.74, 6) is 0.357. The Labute approximate surface area is 95.2 Å². The van der Waals surface area contributed by atoms with Crippen molar-refractivity contribution < 1.29 is 13.9 Å². The summed E-state index contributed by atoms with van der Waals surface area (Å²) < 4.78 is 10.3. The smallest absolute Gasteiger partial charge is 0.141 e. The largest absolute Gasteiger partial charge is 0.472 e. The zero-order valence-corrected chi connectivity index (χ0v) is 9.52. The predicted octanol–water partition coefficient (Wildman–Crippen LogP) is 1.32. The summed E-state index contributed by atoms with van der Waals surface area (Å²) in [6.45, 7) is 2.71. The Morgan fingerprint density at radius 3 is 3.12 bits per heavy atom. The molecule has 2 heterocycles. The van der Waals surface area contributed by atoms with E-state index in [2.05, 4.69) is 4.90 Å². The van der Waals surface area contributed by atoms with Crippen LogP contribution in [0, 0.1) is 5.92 Å². The molecule has 0 saturated carbocycles. The molecule has 1 fully saturated rings. The van der Waals surface area contributed by atoms with Gasteiger partial charge in [-0.2, -0.15) is 0 Å². The summed E-state index contributed by atoms with van der Waals surface area (Å²) >= 11 is 0. The van der Waals surface area contributed by atoms with Crippen molar-refractivity contribution in [2.45, 2.75) is 13.0 Å². The number of nitrogens with zero attached hydrogens (tertiary/aromatic N) is 1. The summed E-state index contributed by atoms with van der Waals surface area (Å²) in [6.07, 6.45) is 3.96. The van der Waals surface area contributed by atoms with Gasteiger partial charge in [-0.1, -0.05) is 0 Å². The Bertz CT molecular complexity index is 334. The van der Waals surface area contributed by atoms with E-state index in [-0.39, 0.29) is 5.92 Å². The van der Waals surface area contributed by atoms with Gasteiger partial charge in [0.05, 0.1) is 31.7 Å². The maximum Gasteiger partial charge on any atom is 0.141 e. The number of rotatable bonds is 4. The molecule has 1 saturated heterocycles. The van der Waals surface area contributed by atoms with E-state index in [0.29, 0.717) is 25.4 Å². The van der Waals surface area contributed by atoms with Crippen LogP contribution in [0.4, 0.5) is 0 Å². The van der Waals surface area contributed by atoms with Crippen LogP contribution < -0.4 is 0 Å². The summed E-state index contributed by atoms with van der Waals surface area (Å²) in [6, 6.07) is 1.94. The minimum absolute atomic E-state index is 0.0330. The fourth-order valence-electron chi connectivity index (χ4n) is 1.99. The molecule has 0 N–H and O–H groups in total. The van der Waals surface area contributed by atoms with Gasteiger partial charge in [-0.05, 0) is 13.1 Å². The third kappa shape index (κ3) is 2.93. The molecule has 4 heteroatoms. The number of Topliss-reactive ketones (excluding diaryl/α,β-unsaturated/α-hetero) is 1. The molecule has 1 aromatic rings. The minimum Gasteiger partial charge on any atom is -0.472 e. The van der Waals surface area contributed by atoms with Crippen molar-refractivity contribution in [1.82, 2.24) is 4.90 Å². The molecule has 4 nitrogen and oxygen atoms in total. The number of hydrogen-bond acceptors (Lipinski definition) is 4. The number of furan rings is 1. The van der Waals surface area contributed by atoms with Crippen LogP contribution >= 0.6 is 0 Å². The fraction of sp³-hybridized carbons (Fsp3) is 0.583. The van der Waals surface area contributed by atoms with Crippen LogP contribution in [0.1, 0.15) is 12.0 Å². The van der Waals surface area contributed by atoms with E-state index in [1.54, 1.807) is 12.5 Å². The van der Waals surface area contributed by atoms with Crippen LogP contribution in [0.25, 0.3) is 0 Å². The van der Waals surface area contributed by atoms with E-state index in [0.717, 1.165) is 18.7 Å². The first kappa shape index (κ1) is 11.4. The van der Waals surface area contributed by atoms with E-state index in [4.69, 9.17) is 9.15 Å². The van der Waals surface area contributed by atoms with Crippen LogP contribution in [0.2, 0.25) is 0 Å². The molecule has 1 unspecified atom stereocenters. The molecule has 0 aromatic carbocycles. The average molecular weight is 223 g/mol. The molecule has 1 aromatic heterocycles. The third-order valence-corrected chi connectivity index (χ3v) is 2.83. The number of carbonyl (C=O) groups excluding carboxylic acids is 1. The summed E-state index contributed by atoms with van der Waals surface area (Å²) in [7, 11) is 2.01. The minimum atomic E-state index is 0.0330. The van der Waals surface area contributed by atoms with Crippen molar-refractivity contribution in [3.8, 4) is 0 Å². The lowest BCUT2D eigenvalue weighted by molar-refractivity contribution is -0.131. The lowest BCUT2D eigenvalue weighted by Gasteiger charge is -2.25. The molecule has 0 aliphatic carbocycles. The van der Waals surface area contributed by atoms with Gasteiger partial charge < -0.3 is 14.1 Å². The first-order valence-electron chi connectivity index (χ1n) is 5.56. The first-order valence-corrected chi connectivity index (χ1v) is 5.56. The predicted molar refractivity (Wildman–Crippen MR) is 59.0 cm³/mol. The highest BCUT2D eigenvalue weighted by Gasteiger charge is 2.23. The number of carbonyl (C=O) groups is 1. The second-order valence-electron chi connectivity index (χ2n) is 4.32. The van der Waals surface area contributed by atoms with Crippen LogP contribution in [0.15, 0.2) is 23.0 Å². The zero-order valence-electron chi connectivity index (χ0n) is 9.52. The second kappa shape index (κ2) is 5.27. The molecule has 1 aliphatic rings. The molecule has 1 atom stereocenters. The quantitative estimate of drug-likeness (QED) is 0.772. The monoisotopic (exact) mass is 223 g/mol. The molecule has 88 valence electrons. The van der Waals surface area contributed by atoms with Crippen molar-refractivity contribution >= 4 is 5.78 Å². The van der Waals surface area contributed by atoms with Crippen molar-refractivity contribution in [2.24, 2.45) is 5.92 Å². The van der Waals surface area contributed by atoms with E-state index < -0.39 is 0 Å². The van der Waals surface area contributed by atoms with E-state index in [1.165, 1.54) is 0 Å². The standard InChI is InChI=1S/C12H17NO3/c1-13(6-10-2-4-15-8-10)7-11-9-16-5-3-12(11)14/h2,4,8,11H,3,5-7,9H2,1H3. The van der Waals surface area contributed by atoms with Crippen molar-refractivity contribution in [3.63, 3.8) is 0 Å². The Morgan fingerprint density at radius 1 is 1.56 bits per heavy atom. The highest BCUT2D eigenvalue weighted by molar-refractivity contribution is 5.82. The average Bonchev–Trinajstić information content (AvgIpc) is 2.74. The van der Waals surface area contributed by atoms with Gasteiger partial charge in [0.15, 0.2) is 0 Å². The lowest BCUT2D eigenvalue weighted by atomic mass is 10.00. The van der Waals surface area contributed by atoms with E-state index in [1.807, 2.05) is 13.1 Å². The fourth-order valence-corrected chi connectivity index (χ4v) is 1.99. The maximum absolute atomic E-state index is 11.6. The molecule has 0 spiro atoms. The number of ketones is 1. The number of hydrogen-bond donors (Lipinski definition) is 0. The Balaban J connectivity index is 1.82. The molecule has 0 amide bonds. The highest BCUT2D eigenvalue weighted by atomic mass is 16.5. The van der Waals surface area contributed by atoms with Gasteiger partial charge in [-0.3, -0.25) is 4.79 Å². The van der Waals surface area contributed by atoms with Gasteiger partial charge in [-0.15, -0.1) is 0 Å². The Morgan fingerprint density at radius 2 is 2.44 bits per heavy atom. The topological polar surface area (TPSA) is 42.7 Å². The van der Waals surface area contributed by atoms with Crippen LogP contribution in [-0.4, -0.2) is 37.5 Å². The Hall–Kier alpha value is -1.13. The van der Waals surface area contributed by atoms with Gasteiger partial charge in [0.2, 0.25) is 0 Å². The van der Waals surface area contributed by atoms with Crippen molar-refractivity contribution in [2.75, 3.05) is 26.8 Å². The van der Waals surface area contributed by atoms with Gasteiger partial charge in [0.1, 0.15) is 5.78 Å². The SMILES string of the molecule is CN(Cc1ccoc1)CC1COCCC1=O. The summed E-state index contributed by atoms with van der Waals surface area (Å²) in [4.78, 5) is 13.7. The normalized spacial score (nSPS) is 21.6. The van der Waals surface area contributed by atoms with Gasteiger partial charge in [0, 0.05) is 25.1 Å². The van der Waals surface area contributed by atoms with E-state index >= 15 is 0 Å². The van der Waals surface area contributed by atoms with Crippen LogP contribution in [0.3, 0.4) is 0 Å². The summed E-state index contributed by atoms with van der Waals surface area (Å²) in [5.41, 5.74) is 1.13. The Kier molecular flexibility index (Phi) is 3.74. The molecular formula is C12H17NO3. The van der Waals surface area contributed by atoms with Crippen LogP contribution in [0.5, 0.6) is 0 Å². The molecule has 16 heavy (non-hydrogen) atoms. The van der Waals surface area contributed by atoms with Crippen LogP contribution in [-0.2, 0) is 16.1 Å². The first-order chi connectivity index (χ1) is 7.75. The van der Waals surface area contributed by atoms with Crippen molar-refractivity contribution in [3.05, 3.63) is 24.2 Å².